The van der Waals surface area contributed by atoms with Gasteiger partial charge in [-0.2, -0.15) is 0 Å². The predicted octanol–water partition coefficient (Wildman–Crippen LogP) is 9.84. The number of hydrogen-bond donors (Lipinski definition) is 0. The Bertz CT molecular complexity index is 2250. The van der Waals surface area contributed by atoms with Crippen molar-refractivity contribution in [3.05, 3.63) is 146 Å². The van der Waals surface area contributed by atoms with Gasteiger partial charge in [0.15, 0.2) is 0 Å². The van der Waals surface area contributed by atoms with Gasteiger partial charge >= 0.3 is 0 Å². The van der Waals surface area contributed by atoms with Crippen LogP contribution in [0.5, 0.6) is 0 Å². The Kier molecular flexibility index (Phi) is 4.87. The van der Waals surface area contributed by atoms with Gasteiger partial charge in [-0.05, 0) is 71.3 Å². The van der Waals surface area contributed by atoms with Crippen molar-refractivity contribution in [1.82, 2.24) is 14.5 Å². The molecule has 0 amide bonds. The first-order valence-electron chi connectivity index (χ1n) is 14.2. The number of anilines is 3. The van der Waals surface area contributed by atoms with Crippen LogP contribution >= 0.6 is 0 Å². The second-order valence-electron chi connectivity index (χ2n) is 10.7. The second kappa shape index (κ2) is 8.88. The molecular formula is C38H24N4. The molecule has 0 N–H and O–H groups in total. The summed E-state index contributed by atoms with van der Waals surface area (Å²) in [6.45, 7) is 0. The van der Waals surface area contributed by atoms with Crippen molar-refractivity contribution in [3.8, 4) is 27.9 Å². The van der Waals surface area contributed by atoms with E-state index in [1.165, 1.54) is 32.9 Å². The van der Waals surface area contributed by atoms with E-state index in [0.29, 0.717) is 0 Å². The molecule has 0 radical (unpaired) electrons. The fourth-order valence-electron chi connectivity index (χ4n) is 6.58. The van der Waals surface area contributed by atoms with Gasteiger partial charge in [0.1, 0.15) is 12.1 Å². The molecular weight excluding hydrogens is 512 g/mol. The zero-order valence-corrected chi connectivity index (χ0v) is 22.6. The van der Waals surface area contributed by atoms with Crippen molar-refractivity contribution < 1.29 is 0 Å². The van der Waals surface area contributed by atoms with Crippen LogP contribution < -0.4 is 4.90 Å². The molecule has 4 nitrogen and oxygen atoms in total. The van der Waals surface area contributed by atoms with Gasteiger partial charge < -0.3 is 4.57 Å². The summed E-state index contributed by atoms with van der Waals surface area (Å²) in [6, 6.07) is 49.6. The van der Waals surface area contributed by atoms with E-state index in [0.717, 1.165) is 44.9 Å². The fraction of sp³-hybridized carbons (Fsp3) is 0. The first-order valence-corrected chi connectivity index (χ1v) is 14.2. The molecule has 6 aromatic carbocycles. The van der Waals surface area contributed by atoms with E-state index >= 15 is 0 Å². The molecule has 0 aliphatic carbocycles. The number of para-hydroxylation sites is 3. The van der Waals surface area contributed by atoms with Crippen molar-refractivity contribution in [2.24, 2.45) is 0 Å². The van der Waals surface area contributed by atoms with Crippen molar-refractivity contribution in [2.75, 3.05) is 4.90 Å². The maximum Gasteiger partial charge on any atom is 0.149 e. The average molecular weight is 537 g/mol. The molecule has 2 aromatic heterocycles. The zero-order valence-electron chi connectivity index (χ0n) is 22.6. The third-order valence-electron chi connectivity index (χ3n) is 8.42. The molecule has 4 heteroatoms. The first kappa shape index (κ1) is 23.0. The smallest absolute Gasteiger partial charge is 0.149 e. The van der Waals surface area contributed by atoms with Gasteiger partial charge in [0, 0.05) is 27.7 Å². The lowest BCUT2D eigenvalue weighted by Crippen LogP contribution is -2.17. The lowest BCUT2D eigenvalue weighted by atomic mass is 9.91. The Hall–Kier alpha value is -5.74. The number of fused-ring (bicyclic) bond motifs is 5. The van der Waals surface area contributed by atoms with Crippen molar-refractivity contribution in [2.45, 2.75) is 0 Å². The maximum atomic E-state index is 4.86. The molecule has 0 bridgehead atoms. The van der Waals surface area contributed by atoms with E-state index in [-0.39, 0.29) is 0 Å². The summed E-state index contributed by atoms with van der Waals surface area (Å²) in [4.78, 5) is 11.9. The summed E-state index contributed by atoms with van der Waals surface area (Å²) in [5.41, 5.74) is 11.3. The largest absolute Gasteiger partial charge is 0.309 e. The summed E-state index contributed by atoms with van der Waals surface area (Å²) in [5, 5.41) is 3.59. The Balaban J connectivity index is 1.23. The third-order valence-corrected chi connectivity index (χ3v) is 8.42. The normalized spacial score (nSPS) is 12.2. The van der Waals surface area contributed by atoms with E-state index in [1.807, 2.05) is 0 Å². The molecule has 1 aliphatic rings. The van der Waals surface area contributed by atoms with Crippen LogP contribution in [0.25, 0.3) is 60.6 Å². The van der Waals surface area contributed by atoms with E-state index in [9.17, 15) is 0 Å². The Morgan fingerprint density at radius 1 is 0.476 bits per heavy atom. The Morgan fingerprint density at radius 3 is 1.88 bits per heavy atom. The first-order chi connectivity index (χ1) is 20.8. The minimum atomic E-state index is 0.901. The van der Waals surface area contributed by atoms with Gasteiger partial charge in [-0.25, -0.2) is 9.97 Å². The number of aromatic nitrogens is 3. The van der Waals surface area contributed by atoms with Crippen LogP contribution in [-0.4, -0.2) is 14.5 Å². The highest BCUT2D eigenvalue weighted by Gasteiger charge is 2.28. The molecule has 42 heavy (non-hydrogen) atoms. The highest BCUT2D eigenvalue weighted by atomic mass is 15.2. The SMILES string of the molecule is c1ccc(-c2cc3c4c(ncnc4c2)N(c2ccc(-n4c5ccccc5c5ccccc54)cc2)c2ccccc2-3)cc1. The summed E-state index contributed by atoms with van der Waals surface area (Å²) in [5.74, 6) is 0.901. The van der Waals surface area contributed by atoms with Gasteiger partial charge in [0.05, 0.1) is 27.6 Å². The van der Waals surface area contributed by atoms with Crippen LogP contribution in [0, 0.1) is 0 Å². The molecule has 0 fully saturated rings. The fourth-order valence-corrected chi connectivity index (χ4v) is 6.58. The quantitative estimate of drug-likeness (QED) is 0.225. The van der Waals surface area contributed by atoms with Crippen molar-refractivity contribution >= 4 is 49.9 Å². The van der Waals surface area contributed by atoms with E-state index < -0.39 is 0 Å². The van der Waals surface area contributed by atoms with Crippen molar-refractivity contribution in [1.29, 1.82) is 0 Å². The second-order valence-corrected chi connectivity index (χ2v) is 10.7. The molecule has 8 aromatic rings. The molecule has 9 rings (SSSR count). The maximum absolute atomic E-state index is 4.86. The van der Waals surface area contributed by atoms with Crippen LogP contribution in [0.1, 0.15) is 0 Å². The van der Waals surface area contributed by atoms with Crippen LogP contribution in [-0.2, 0) is 0 Å². The molecule has 0 saturated heterocycles. The Morgan fingerprint density at radius 2 is 1.12 bits per heavy atom. The minimum Gasteiger partial charge on any atom is -0.309 e. The van der Waals surface area contributed by atoms with E-state index in [4.69, 9.17) is 9.97 Å². The topological polar surface area (TPSA) is 34.0 Å². The molecule has 0 spiro atoms. The lowest BCUT2D eigenvalue weighted by molar-refractivity contribution is 1.13. The molecule has 196 valence electrons. The molecule has 0 saturated carbocycles. The van der Waals surface area contributed by atoms with Crippen LogP contribution in [0.2, 0.25) is 0 Å². The summed E-state index contributed by atoms with van der Waals surface area (Å²) in [7, 11) is 0. The molecule has 3 heterocycles. The summed E-state index contributed by atoms with van der Waals surface area (Å²) >= 11 is 0. The number of rotatable bonds is 3. The standard InChI is InChI=1S/C38H24N4/c1-2-10-25(11-3-1)26-22-32-31-14-6-9-17-36(31)42(38-37(32)33(23-26)39-24-40-38)28-20-18-27(19-21-28)41-34-15-7-4-12-29(34)30-13-5-8-16-35(30)41/h1-24H. The average Bonchev–Trinajstić information content (AvgIpc) is 3.40. The number of nitrogens with zero attached hydrogens (tertiary/aromatic N) is 4. The minimum absolute atomic E-state index is 0.901. The molecule has 1 aliphatic heterocycles. The zero-order chi connectivity index (χ0) is 27.6. The summed E-state index contributed by atoms with van der Waals surface area (Å²) in [6.07, 6.45) is 1.68. The van der Waals surface area contributed by atoms with Crippen LogP contribution in [0.3, 0.4) is 0 Å². The molecule has 0 atom stereocenters. The van der Waals surface area contributed by atoms with Gasteiger partial charge in [-0.15, -0.1) is 0 Å². The van der Waals surface area contributed by atoms with Crippen molar-refractivity contribution in [3.63, 3.8) is 0 Å². The van der Waals surface area contributed by atoms with Gasteiger partial charge in [-0.3, -0.25) is 4.90 Å². The monoisotopic (exact) mass is 536 g/mol. The predicted molar refractivity (Wildman–Crippen MR) is 173 cm³/mol. The van der Waals surface area contributed by atoms with E-state index in [2.05, 4.69) is 149 Å². The molecule has 0 unspecified atom stereocenters. The lowest BCUT2D eigenvalue weighted by Gasteiger charge is -2.32. The van der Waals surface area contributed by atoms with Gasteiger partial charge in [0.25, 0.3) is 0 Å². The Labute approximate surface area is 242 Å². The number of hydrogen-bond acceptors (Lipinski definition) is 3. The number of benzene rings is 6. The third kappa shape index (κ3) is 3.29. The van der Waals surface area contributed by atoms with Crippen LogP contribution in [0.4, 0.5) is 17.2 Å². The highest BCUT2D eigenvalue weighted by molar-refractivity contribution is 6.13. The summed E-state index contributed by atoms with van der Waals surface area (Å²) < 4.78 is 2.35. The van der Waals surface area contributed by atoms with E-state index in [1.54, 1.807) is 6.33 Å². The van der Waals surface area contributed by atoms with Gasteiger partial charge in [0.2, 0.25) is 0 Å². The van der Waals surface area contributed by atoms with Gasteiger partial charge in [-0.1, -0.05) is 84.9 Å². The highest BCUT2D eigenvalue weighted by Crippen LogP contribution is 2.50. The van der Waals surface area contributed by atoms with Crippen LogP contribution in [0.15, 0.2) is 146 Å².